The second-order valence-corrected chi connectivity index (χ2v) is 6.51. The van der Waals surface area contributed by atoms with Crippen LogP contribution < -0.4 is 10.5 Å². The first-order valence-electron chi connectivity index (χ1n) is 5.52. The van der Waals surface area contributed by atoms with Crippen molar-refractivity contribution >= 4 is 60.9 Å². The minimum atomic E-state index is -0.0724. The van der Waals surface area contributed by atoms with Crippen molar-refractivity contribution in [3.05, 3.63) is 54.9 Å². The first-order chi connectivity index (χ1) is 9.92. The molecule has 0 radical (unpaired) electrons. The van der Waals surface area contributed by atoms with Gasteiger partial charge in [0, 0.05) is 15.0 Å². The van der Waals surface area contributed by atoms with E-state index in [4.69, 9.17) is 38.9 Å². The summed E-state index contributed by atoms with van der Waals surface area (Å²) in [4.78, 5) is 0. The van der Waals surface area contributed by atoms with E-state index in [0.717, 1.165) is 4.47 Å². The molecule has 8 heteroatoms. The largest absolute Gasteiger partial charge is 0.455 e. The lowest BCUT2D eigenvalue weighted by Crippen LogP contribution is -2.14. The molecular formula is C13H8Br2Cl2N2O2. The molecule has 0 spiro atoms. The maximum Gasteiger partial charge on any atom is 0.173 e. The Morgan fingerprint density at radius 1 is 1.10 bits per heavy atom. The fourth-order valence-corrected chi connectivity index (χ4v) is 2.72. The standard InChI is InChI=1S/C13H8Br2Cl2N2O2/c14-6-1-2-7(13(18)19-20)11(3-6)21-12-5-9(16)8(15)4-10(12)17/h1-5,20H,(H2,18,19). The molecule has 21 heavy (non-hydrogen) atoms. The molecular weight excluding hydrogens is 447 g/mol. The van der Waals surface area contributed by atoms with Gasteiger partial charge in [0.1, 0.15) is 11.5 Å². The quantitative estimate of drug-likeness (QED) is 0.214. The fraction of sp³-hybridized carbons (Fsp3) is 0. The number of oxime groups is 1. The molecule has 4 nitrogen and oxygen atoms in total. The molecule has 2 aromatic carbocycles. The van der Waals surface area contributed by atoms with E-state index in [-0.39, 0.29) is 5.84 Å². The van der Waals surface area contributed by atoms with Crippen LogP contribution in [0, 0.1) is 0 Å². The Hall–Kier alpha value is -0.950. The van der Waals surface area contributed by atoms with E-state index in [1.165, 1.54) is 0 Å². The van der Waals surface area contributed by atoms with E-state index >= 15 is 0 Å². The van der Waals surface area contributed by atoms with Crippen LogP contribution in [0.5, 0.6) is 11.5 Å². The first-order valence-corrected chi connectivity index (χ1v) is 7.86. The lowest BCUT2D eigenvalue weighted by molar-refractivity contribution is 0.318. The maximum atomic E-state index is 8.83. The smallest absolute Gasteiger partial charge is 0.173 e. The SMILES string of the molecule is N/C(=N/O)c1ccc(Br)cc1Oc1cc(Cl)c(Br)cc1Cl. The molecule has 0 saturated carbocycles. The summed E-state index contributed by atoms with van der Waals surface area (Å²) in [5.74, 6) is 0.659. The Morgan fingerprint density at radius 2 is 1.81 bits per heavy atom. The van der Waals surface area contributed by atoms with Crippen molar-refractivity contribution < 1.29 is 9.94 Å². The summed E-state index contributed by atoms with van der Waals surface area (Å²) in [5, 5.41) is 12.6. The molecule has 0 fully saturated rings. The van der Waals surface area contributed by atoms with Crippen LogP contribution in [0.3, 0.4) is 0 Å². The van der Waals surface area contributed by atoms with Crippen LogP contribution in [0.4, 0.5) is 0 Å². The number of benzene rings is 2. The Kier molecular flexibility index (Phi) is 5.37. The lowest BCUT2D eigenvalue weighted by Gasteiger charge is -2.13. The van der Waals surface area contributed by atoms with Crippen LogP contribution in [-0.4, -0.2) is 11.0 Å². The zero-order chi connectivity index (χ0) is 15.6. The molecule has 2 aromatic rings. The van der Waals surface area contributed by atoms with Crippen molar-refractivity contribution in [3.8, 4) is 11.5 Å². The molecule has 0 saturated heterocycles. The Morgan fingerprint density at radius 3 is 2.48 bits per heavy atom. The van der Waals surface area contributed by atoms with Gasteiger partial charge in [0.05, 0.1) is 15.6 Å². The number of ether oxygens (including phenoxy) is 1. The highest BCUT2D eigenvalue weighted by Crippen LogP contribution is 2.38. The monoisotopic (exact) mass is 452 g/mol. The first kappa shape index (κ1) is 16.4. The summed E-state index contributed by atoms with van der Waals surface area (Å²) in [5.41, 5.74) is 6.06. The van der Waals surface area contributed by atoms with Gasteiger partial charge in [-0.1, -0.05) is 44.3 Å². The highest BCUT2D eigenvalue weighted by Gasteiger charge is 2.13. The predicted molar refractivity (Wildman–Crippen MR) is 90.9 cm³/mol. The number of hydrogen-bond donors (Lipinski definition) is 2. The molecule has 3 N–H and O–H groups in total. The van der Waals surface area contributed by atoms with Gasteiger partial charge in [-0.2, -0.15) is 0 Å². The molecule has 0 atom stereocenters. The summed E-state index contributed by atoms with van der Waals surface area (Å²) in [6, 6.07) is 8.28. The fourth-order valence-electron chi connectivity index (χ4n) is 1.55. The minimum Gasteiger partial charge on any atom is -0.455 e. The molecule has 0 heterocycles. The molecule has 0 amide bonds. The highest BCUT2D eigenvalue weighted by atomic mass is 79.9. The van der Waals surface area contributed by atoms with Crippen molar-refractivity contribution in [2.45, 2.75) is 0 Å². The van der Waals surface area contributed by atoms with E-state index < -0.39 is 0 Å². The highest BCUT2D eigenvalue weighted by molar-refractivity contribution is 9.10. The van der Waals surface area contributed by atoms with Gasteiger partial charge in [-0.15, -0.1) is 0 Å². The average Bonchev–Trinajstić information content (AvgIpc) is 2.44. The maximum absolute atomic E-state index is 8.83. The van der Waals surface area contributed by atoms with Crippen LogP contribution in [0.2, 0.25) is 10.0 Å². The number of rotatable bonds is 3. The third-order valence-electron chi connectivity index (χ3n) is 2.52. The summed E-state index contributed by atoms with van der Waals surface area (Å²) in [6.07, 6.45) is 0. The molecule has 0 aliphatic rings. The van der Waals surface area contributed by atoms with Gasteiger partial charge in [-0.05, 0) is 40.2 Å². The van der Waals surface area contributed by atoms with Gasteiger partial charge in [-0.25, -0.2) is 0 Å². The lowest BCUT2D eigenvalue weighted by atomic mass is 10.2. The molecule has 2 rings (SSSR count). The van der Waals surface area contributed by atoms with Crippen molar-refractivity contribution in [2.75, 3.05) is 0 Å². The molecule has 110 valence electrons. The summed E-state index contributed by atoms with van der Waals surface area (Å²) >= 11 is 18.8. The van der Waals surface area contributed by atoms with E-state index in [1.807, 2.05) is 0 Å². The van der Waals surface area contributed by atoms with E-state index in [2.05, 4.69) is 37.0 Å². The van der Waals surface area contributed by atoms with Crippen LogP contribution in [0.25, 0.3) is 0 Å². The average molecular weight is 455 g/mol. The van der Waals surface area contributed by atoms with Crippen LogP contribution in [0.1, 0.15) is 5.56 Å². The van der Waals surface area contributed by atoms with Gasteiger partial charge in [0.15, 0.2) is 5.84 Å². The van der Waals surface area contributed by atoms with Crippen molar-refractivity contribution in [2.24, 2.45) is 10.9 Å². The van der Waals surface area contributed by atoms with Gasteiger partial charge < -0.3 is 15.7 Å². The molecule has 0 bridgehead atoms. The number of nitrogens with zero attached hydrogens (tertiary/aromatic N) is 1. The topological polar surface area (TPSA) is 67.8 Å². The zero-order valence-corrected chi connectivity index (χ0v) is 15.0. The number of amidine groups is 1. The molecule has 0 aliphatic heterocycles. The molecule has 0 aromatic heterocycles. The molecule has 0 aliphatic carbocycles. The minimum absolute atomic E-state index is 0.0724. The van der Waals surface area contributed by atoms with Gasteiger partial charge in [0.2, 0.25) is 0 Å². The van der Waals surface area contributed by atoms with Crippen molar-refractivity contribution in [1.82, 2.24) is 0 Å². The predicted octanol–water partition coefficient (Wildman–Crippen LogP) is 5.41. The second kappa shape index (κ2) is 6.87. The zero-order valence-electron chi connectivity index (χ0n) is 10.3. The van der Waals surface area contributed by atoms with Crippen molar-refractivity contribution in [3.63, 3.8) is 0 Å². The molecule has 0 unspecified atom stereocenters. The second-order valence-electron chi connectivity index (χ2n) is 3.92. The van der Waals surface area contributed by atoms with Crippen LogP contribution in [0.15, 0.2) is 44.4 Å². The Balaban J connectivity index is 2.49. The van der Waals surface area contributed by atoms with Crippen LogP contribution >= 0.6 is 55.1 Å². The Bertz CT molecular complexity index is 724. The van der Waals surface area contributed by atoms with E-state index in [9.17, 15) is 0 Å². The number of hydrogen-bond acceptors (Lipinski definition) is 3. The van der Waals surface area contributed by atoms with Gasteiger partial charge >= 0.3 is 0 Å². The number of nitrogens with two attached hydrogens (primary N) is 1. The Labute approximate surface area is 147 Å². The summed E-state index contributed by atoms with van der Waals surface area (Å²) in [6.45, 7) is 0. The van der Waals surface area contributed by atoms with Gasteiger partial charge in [0.25, 0.3) is 0 Å². The summed E-state index contributed by atoms with van der Waals surface area (Å²) in [7, 11) is 0. The summed E-state index contributed by atoms with van der Waals surface area (Å²) < 4.78 is 7.17. The van der Waals surface area contributed by atoms with Gasteiger partial charge in [-0.3, -0.25) is 0 Å². The van der Waals surface area contributed by atoms with E-state index in [0.29, 0.717) is 31.6 Å². The van der Waals surface area contributed by atoms with Crippen LogP contribution in [-0.2, 0) is 0 Å². The third-order valence-corrected chi connectivity index (χ3v) is 4.51. The number of halogens is 4. The normalized spacial score (nSPS) is 11.5. The van der Waals surface area contributed by atoms with Crippen molar-refractivity contribution in [1.29, 1.82) is 0 Å². The van der Waals surface area contributed by atoms with E-state index in [1.54, 1.807) is 30.3 Å². The third kappa shape index (κ3) is 3.83.